The third-order valence-corrected chi connectivity index (χ3v) is 0.837. The smallest absolute Gasteiger partial charge is 0.308 e. The minimum Gasteiger partial charge on any atom is -0.415 e. The van der Waals surface area contributed by atoms with Crippen LogP contribution in [0, 0.1) is 0 Å². The van der Waals surface area contributed by atoms with Crippen LogP contribution in [-0.2, 0) is 9.53 Å². The van der Waals surface area contributed by atoms with E-state index < -0.39 is 0 Å². The fourth-order valence-corrected chi connectivity index (χ4v) is 0.602. The predicted molar refractivity (Wildman–Crippen MR) is 36.0 cm³/mol. The molecule has 0 fully saturated rings. The molecule has 2 nitrogen and oxygen atoms in total. The van der Waals surface area contributed by atoms with Gasteiger partial charge in [0.15, 0.2) is 5.22 Å². The molecule has 52 valence electrons. The molecular formula is C6H9ClO2. The first-order valence-corrected chi connectivity index (χ1v) is 3.08. The van der Waals surface area contributed by atoms with E-state index in [4.69, 9.17) is 11.6 Å². The first-order valence-electron chi connectivity index (χ1n) is 2.71. The number of rotatable bonds is 2. The molecule has 9 heavy (non-hydrogen) atoms. The van der Waals surface area contributed by atoms with Gasteiger partial charge in [-0.05, 0) is 24.1 Å². The Morgan fingerprint density at radius 3 is 2.67 bits per heavy atom. The van der Waals surface area contributed by atoms with Crippen LogP contribution < -0.4 is 0 Å². The number of hydrogen-bond acceptors (Lipinski definition) is 2. The summed E-state index contributed by atoms with van der Waals surface area (Å²) in [6, 6.07) is 0. The van der Waals surface area contributed by atoms with Crippen LogP contribution in [0.1, 0.15) is 20.3 Å². The number of carbonyl (C=O) groups excluding carboxylic acids is 1. The van der Waals surface area contributed by atoms with Crippen molar-refractivity contribution in [1.29, 1.82) is 0 Å². The van der Waals surface area contributed by atoms with Crippen LogP contribution in [0.15, 0.2) is 11.3 Å². The van der Waals surface area contributed by atoms with Gasteiger partial charge in [0, 0.05) is 6.92 Å². The lowest BCUT2D eigenvalue weighted by atomic mass is 10.5. The van der Waals surface area contributed by atoms with Crippen LogP contribution in [0.25, 0.3) is 0 Å². The maximum absolute atomic E-state index is 10.2. The maximum atomic E-state index is 10.2. The molecule has 3 heteroatoms. The van der Waals surface area contributed by atoms with Crippen LogP contribution in [0.3, 0.4) is 0 Å². The Balaban J connectivity index is 3.62. The molecule has 0 aromatic carbocycles. The van der Waals surface area contributed by atoms with Gasteiger partial charge in [-0.3, -0.25) is 4.79 Å². The van der Waals surface area contributed by atoms with Crippen molar-refractivity contribution < 1.29 is 9.53 Å². The highest BCUT2D eigenvalue weighted by atomic mass is 35.5. The van der Waals surface area contributed by atoms with Gasteiger partial charge in [0.05, 0.1) is 0 Å². The van der Waals surface area contributed by atoms with Gasteiger partial charge >= 0.3 is 5.97 Å². The van der Waals surface area contributed by atoms with Gasteiger partial charge in [-0.15, -0.1) is 0 Å². The van der Waals surface area contributed by atoms with Gasteiger partial charge in [-0.25, -0.2) is 0 Å². The molecule has 0 spiro atoms. The molecule has 0 aliphatic heterocycles. The molecule has 0 aliphatic carbocycles. The normalized spacial score (nSPS) is 11.2. The molecule has 0 radical (unpaired) electrons. The number of ether oxygens (including phenoxy) is 1. The number of hydrogen-bond donors (Lipinski definition) is 0. The van der Waals surface area contributed by atoms with E-state index in [2.05, 4.69) is 4.74 Å². The average molecular weight is 149 g/mol. The molecule has 0 saturated heterocycles. The van der Waals surface area contributed by atoms with Crippen molar-refractivity contribution in [3.05, 3.63) is 11.3 Å². The fraction of sp³-hybridized carbons (Fsp3) is 0.500. The van der Waals surface area contributed by atoms with Gasteiger partial charge < -0.3 is 4.74 Å². The fourth-order valence-electron chi connectivity index (χ4n) is 0.339. The van der Waals surface area contributed by atoms with E-state index in [1.54, 1.807) is 6.08 Å². The van der Waals surface area contributed by atoms with Gasteiger partial charge in [0.2, 0.25) is 0 Å². The summed E-state index contributed by atoms with van der Waals surface area (Å²) in [4.78, 5) is 10.2. The molecule has 0 amide bonds. The number of esters is 1. The maximum Gasteiger partial charge on any atom is 0.308 e. The SMILES string of the molecule is CCC=C(Cl)OC(C)=O. The Hall–Kier alpha value is -0.500. The summed E-state index contributed by atoms with van der Waals surface area (Å²) in [5, 5.41) is 0.157. The Labute approximate surface area is 59.5 Å². The first kappa shape index (κ1) is 8.50. The second-order valence-electron chi connectivity index (χ2n) is 1.51. The van der Waals surface area contributed by atoms with Crippen molar-refractivity contribution in [2.45, 2.75) is 20.3 Å². The first-order chi connectivity index (χ1) is 4.16. The highest BCUT2D eigenvalue weighted by Crippen LogP contribution is 2.03. The molecule has 0 aromatic rings. The zero-order valence-corrected chi connectivity index (χ0v) is 6.23. The summed E-state index contributed by atoms with van der Waals surface area (Å²) in [7, 11) is 0. The summed E-state index contributed by atoms with van der Waals surface area (Å²) in [6.07, 6.45) is 2.40. The second-order valence-corrected chi connectivity index (χ2v) is 1.88. The van der Waals surface area contributed by atoms with Crippen molar-refractivity contribution in [2.24, 2.45) is 0 Å². The second kappa shape index (κ2) is 4.39. The quantitative estimate of drug-likeness (QED) is 0.443. The standard InChI is InChI=1S/C6H9ClO2/c1-3-4-6(7)9-5(2)8/h4H,3H2,1-2H3. The van der Waals surface area contributed by atoms with Gasteiger partial charge in [0.1, 0.15) is 0 Å². The van der Waals surface area contributed by atoms with Crippen LogP contribution in [0.4, 0.5) is 0 Å². The van der Waals surface area contributed by atoms with Crippen molar-refractivity contribution in [3.63, 3.8) is 0 Å². The van der Waals surface area contributed by atoms with E-state index in [-0.39, 0.29) is 11.2 Å². The lowest BCUT2D eigenvalue weighted by Crippen LogP contribution is -1.93. The Bertz CT molecular complexity index is 129. The highest BCUT2D eigenvalue weighted by molar-refractivity contribution is 6.28. The number of allylic oxidation sites excluding steroid dienone is 1. The zero-order valence-electron chi connectivity index (χ0n) is 5.48. The van der Waals surface area contributed by atoms with Crippen molar-refractivity contribution in [1.82, 2.24) is 0 Å². The summed E-state index contributed by atoms with van der Waals surface area (Å²) in [5.41, 5.74) is 0. The summed E-state index contributed by atoms with van der Waals surface area (Å²) in [6.45, 7) is 3.22. The zero-order chi connectivity index (χ0) is 7.28. The van der Waals surface area contributed by atoms with Crippen LogP contribution in [0.5, 0.6) is 0 Å². The molecule has 0 N–H and O–H groups in total. The summed E-state index contributed by atoms with van der Waals surface area (Å²) >= 11 is 5.39. The minimum atomic E-state index is -0.385. The molecule has 0 bridgehead atoms. The Kier molecular flexibility index (Phi) is 4.14. The number of carbonyl (C=O) groups is 1. The Morgan fingerprint density at radius 2 is 2.33 bits per heavy atom. The average Bonchev–Trinajstić information content (AvgIpc) is 1.63. The third-order valence-electron chi connectivity index (χ3n) is 0.606. The third kappa shape index (κ3) is 5.37. The monoisotopic (exact) mass is 148 g/mol. The minimum absolute atomic E-state index is 0.157. The number of halogens is 1. The molecule has 0 atom stereocenters. The van der Waals surface area contributed by atoms with Crippen molar-refractivity contribution in [2.75, 3.05) is 0 Å². The van der Waals surface area contributed by atoms with Crippen LogP contribution >= 0.6 is 11.6 Å². The molecule has 0 rings (SSSR count). The van der Waals surface area contributed by atoms with E-state index in [0.717, 1.165) is 6.42 Å². The van der Waals surface area contributed by atoms with Gasteiger partial charge in [-0.1, -0.05) is 6.92 Å². The topological polar surface area (TPSA) is 26.3 Å². The highest BCUT2D eigenvalue weighted by Gasteiger charge is 1.94. The molecule has 0 aromatic heterocycles. The summed E-state index contributed by atoms with van der Waals surface area (Å²) in [5.74, 6) is -0.385. The van der Waals surface area contributed by atoms with E-state index in [1.165, 1.54) is 6.92 Å². The van der Waals surface area contributed by atoms with Gasteiger partial charge in [0.25, 0.3) is 0 Å². The Morgan fingerprint density at radius 1 is 1.78 bits per heavy atom. The van der Waals surface area contributed by atoms with Crippen molar-refractivity contribution >= 4 is 17.6 Å². The van der Waals surface area contributed by atoms with Crippen LogP contribution in [0.2, 0.25) is 0 Å². The lowest BCUT2D eigenvalue weighted by molar-refractivity contribution is -0.135. The van der Waals surface area contributed by atoms with E-state index in [1.807, 2.05) is 6.92 Å². The van der Waals surface area contributed by atoms with Crippen LogP contribution in [-0.4, -0.2) is 5.97 Å². The molecular weight excluding hydrogens is 140 g/mol. The van der Waals surface area contributed by atoms with E-state index in [0.29, 0.717) is 0 Å². The summed E-state index contributed by atoms with van der Waals surface area (Å²) < 4.78 is 4.48. The van der Waals surface area contributed by atoms with Gasteiger partial charge in [-0.2, -0.15) is 0 Å². The predicted octanol–water partition coefficient (Wildman–Crippen LogP) is 2.04. The van der Waals surface area contributed by atoms with Crippen molar-refractivity contribution in [3.8, 4) is 0 Å². The lowest BCUT2D eigenvalue weighted by Gasteiger charge is -1.94. The molecule has 0 heterocycles. The molecule has 0 saturated carbocycles. The van der Waals surface area contributed by atoms with E-state index >= 15 is 0 Å². The molecule has 0 aliphatic rings. The largest absolute Gasteiger partial charge is 0.415 e. The molecule has 0 unspecified atom stereocenters. The van der Waals surface area contributed by atoms with E-state index in [9.17, 15) is 4.79 Å².